The third-order valence-corrected chi connectivity index (χ3v) is 5.50. The van der Waals surface area contributed by atoms with E-state index in [0.29, 0.717) is 18.6 Å². The summed E-state index contributed by atoms with van der Waals surface area (Å²) in [6.07, 6.45) is 3.36. The number of carbonyl (C=O) groups is 2. The minimum atomic E-state index is -1.02. The molecule has 1 saturated carbocycles. The molecule has 1 atom stereocenters. The van der Waals surface area contributed by atoms with Gasteiger partial charge in [-0.1, -0.05) is 30.3 Å². The Bertz CT molecular complexity index is 555. The summed E-state index contributed by atoms with van der Waals surface area (Å²) >= 11 is 4.37. The molecule has 132 valence electrons. The molecule has 0 saturated heterocycles. The van der Waals surface area contributed by atoms with Gasteiger partial charge in [-0.05, 0) is 31.2 Å². The number of aliphatic carboxylic acids is 1. The van der Waals surface area contributed by atoms with Crippen molar-refractivity contribution >= 4 is 24.5 Å². The SMILES string of the molecule is COC1CCC(CS)(C(=O)N[C@@H](Cc2ccccc2)C(=O)O)CC1. The molecule has 0 unspecified atom stereocenters. The first-order chi connectivity index (χ1) is 11.5. The molecule has 1 fully saturated rings. The van der Waals surface area contributed by atoms with Gasteiger partial charge in [0.1, 0.15) is 6.04 Å². The summed E-state index contributed by atoms with van der Waals surface area (Å²) in [5.41, 5.74) is 0.274. The van der Waals surface area contributed by atoms with Crippen molar-refractivity contribution in [1.82, 2.24) is 5.32 Å². The van der Waals surface area contributed by atoms with Crippen molar-refractivity contribution in [3.8, 4) is 0 Å². The van der Waals surface area contributed by atoms with E-state index < -0.39 is 17.4 Å². The molecular weight excluding hydrogens is 326 g/mol. The molecule has 0 heterocycles. The zero-order chi connectivity index (χ0) is 17.6. The Morgan fingerprint density at radius 1 is 1.33 bits per heavy atom. The number of thiol groups is 1. The molecule has 1 amide bonds. The predicted octanol–water partition coefficient (Wildman–Crippen LogP) is 2.30. The first-order valence-corrected chi connectivity index (χ1v) is 8.85. The summed E-state index contributed by atoms with van der Waals surface area (Å²) in [5, 5.41) is 12.2. The number of carboxylic acid groups (broad SMARTS) is 1. The van der Waals surface area contributed by atoms with Crippen molar-refractivity contribution in [2.45, 2.75) is 44.2 Å². The summed E-state index contributed by atoms with van der Waals surface area (Å²) in [4.78, 5) is 24.3. The molecule has 2 rings (SSSR count). The van der Waals surface area contributed by atoms with Gasteiger partial charge in [0.15, 0.2) is 0 Å². The Hall–Kier alpha value is -1.53. The van der Waals surface area contributed by atoms with Crippen molar-refractivity contribution in [2.75, 3.05) is 12.9 Å². The lowest BCUT2D eigenvalue weighted by Crippen LogP contribution is -2.51. The van der Waals surface area contributed by atoms with Crippen LogP contribution in [0.25, 0.3) is 0 Å². The van der Waals surface area contributed by atoms with Crippen LogP contribution < -0.4 is 5.32 Å². The fourth-order valence-electron chi connectivity index (χ4n) is 3.20. The van der Waals surface area contributed by atoms with E-state index in [-0.39, 0.29) is 18.4 Å². The number of carboxylic acids is 1. The normalized spacial score (nSPS) is 25.0. The molecule has 1 aromatic carbocycles. The Kier molecular flexibility index (Phi) is 6.69. The fourth-order valence-corrected chi connectivity index (χ4v) is 3.66. The molecule has 5 nitrogen and oxygen atoms in total. The number of benzene rings is 1. The zero-order valence-corrected chi connectivity index (χ0v) is 14.8. The van der Waals surface area contributed by atoms with Crippen molar-refractivity contribution in [3.63, 3.8) is 0 Å². The molecule has 0 aliphatic heterocycles. The number of rotatable bonds is 7. The quantitative estimate of drug-likeness (QED) is 0.659. The van der Waals surface area contributed by atoms with Gasteiger partial charge in [0.25, 0.3) is 0 Å². The van der Waals surface area contributed by atoms with Crippen molar-refractivity contribution in [2.24, 2.45) is 5.41 Å². The van der Waals surface area contributed by atoms with Crippen LogP contribution in [0.3, 0.4) is 0 Å². The number of hydrogen-bond acceptors (Lipinski definition) is 4. The predicted molar refractivity (Wildman–Crippen MR) is 95.3 cm³/mol. The second-order valence-corrected chi connectivity index (χ2v) is 6.74. The van der Waals surface area contributed by atoms with Gasteiger partial charge in [-0.3, -0.25) is 4.79 Å². The van der Waals surface area contributed by atoms with Gasteiger partial charge in [0, 0.05) is 19.3 Å². The Labute approximate surface area is 148 Å². The maximum atomic E-state index is 12.8. The van der Waals surface area contributed by atoms with Crippen LogP contribution in [-0.4, -0.2) is 42.0 Å². The van der Waals surface area contributed by atoms with Gasteiger partial charge in [-0.15, -0.1) is 0 Å². The van der Waals surface area contributed by atoms with Gasteiger partial charge in [0.2, 0.25) is 5.91 Å². The van der Waals surface area contributed by atoms with Crippen LogP contribution in [0.5, 0.6) is 0 Å². The monoisotopic (exact) mass is 351 g/mol. The lowest BCUT2D eigenvalue weighted by molar-refractivity contribution is -0.144. The fraction of sp³-hybridized carbons (Fsp3) is 0.556. The van der Waals surface area contributed by atoms with E-state index in [4.69, 9.17) is 4.74 Å². The highest BCUT2D eigenvalue weighted by molar-refractivity contribution is 7.80. The zero-order valence-electron chi connectivity index (χ0n) is 13.9. The molecule has 0 radical (unpaired) electrons. The minimum absolute atomic E-state index is 0.172. The number of methoxy groups -OCH3 is 1. The van der Waals surface area contributed by atoms with Gasteiger partial charge in [-0.25, -0.2) is 4.79 Å². The van der Waals surface area contributed by atoms with Crippen molar-refractivity contribution in [3.05, 3.63) is 35.9 Å². The van der Waals surface area contributed by atoms with Crippen LogP contribution in [0.2, 0.25) is 0 Å². The first-order valence-electron chi connectivity index (χ1n) is 8.22. The Morgan fingerprint density at radius 2 is 1.96 bits per heavy atom. The van der Waals surface area contributed by atoms with Crippen LogP contribution in [0.4, 0.5) is 0 Å². The lowest BCUT2D eigenvalue weighted by Gasteiger charge is -2.38. The minimum Gasteiger partial charge on any atom is -0.480 e. The summed E-state index contributed by atoms with van der Waals surface area (Å²) in [6.45, 7) is 0. The smallest absolute Gasteiger partial charge is 0.326 e. The number of nitrogens with one attached hydrogen (secondary N) is 1. The van der Waals surface area contributed by atoms with E-state index in [1.807, 2.05) is 30.3 Å². The maximum Gasteiger partial charge on any atom is 0.326 e. The molecule has 2 N–H and O–H groups in total. The molecular formula is C18H25NO4S. The molecule has 0 aromatic heterocycles. The second-order valence-electron chi connectivity index (χ2n) is 6.43. The third-order valence-electron chi connectivity index (χ3n) is 4.89. The topological polar surface area (TPSA) is 75.6 Å². The molecule has 6 heteroatoms. The van der Waals surface area contributed by atoms with Crippen LogP contribution in [0.15, 0.2) is 30.3 Å². The summed E-state index contributed by atoms with van der Waals surface area (Å²) < 4.78 is 5.36. The molecule has 24 heavy (non-hydrogen) atoms. The van der Waals surface area contributed by atoms with E-state index in [2.05, 4.69) is 17.9 Å². The molecule has 0 bridgehead atoms. The van der Waals surface area contributed by atoms with Gasteiger partial charge in [0.05, 0.1) is 11.5 Å². The Balaban J connectivity index is 2.05. The van der Waals surface area contributed by atoms with Crippen LogP contribution in [0.1, 0.15) is 31.2 Å². The number of ether oxygens (including phenoxy) is 1. The highest BCUT2D eigenvalue weighted by Crippen LogP contribution is 2.38. The van der Waals surface area contributed by atoms with Crippen molar-refractivity contribution < 1.29 is 19.4 Å². The summed E-state index contributed by atoms with van der Waals surface area (Å²) in [7, 11) is 1.68. The first kappa shape index (κ1) is 18.8. The largest absolute Gasteiger partial charge is 0.480 e. The van der Waals surface area contributed by atoms with Gasteiger partial charge in [-0.2, -0.15) is 12.6 Å². The standard InChI is InChI=1S/C18H25NO4S/c1-23-14-7-9-18(12-24,10-8-14)17(22)19-15(16(20)21)11-13-5-3-2-4-6-13/h2-6,14-15,24H,7-12H2,1H3,(H,19,22)(H,20,21)/t14?,15-,18?/m0/s1. The van der Waals surface area contributed by atoms with E-state index >= 15 is 0 Å². The highest BCUT2D eigenvalue weighted by atomic mass is 32.1. The molecule has 1 aromatic rings. The van der Waals surface area contributed by atoms with E-state index in [1.54, 1.807) is 7.11 Å². The van der Waals surface area contributed by atoms with Crippen molar-refractivity contribution in [1.29, 1.82) is 0 Å². The third kappa shape index (κ3) is 4.51. The lowest BCUT2D eigenvalue weighted by atomic mass is 9.73. The van der Waals surface area contributed by atoms with Crippen LogP contribution in [0, 0.1) is 5.41 Å². The molecule has 1 aliphatic carbocycles. The van der Waals surface area contributed by atoms with Crippen LogP contribution in [-0.2, 0) is 20.7 Å². The maximum absolute atomic E-state index is 12.8. The number of hydrogen-bond donors (Lipinski definition) is 3. The average Bonchev–Trinajstić information content (AvgIpc) is 2.61. The molecule has 0 spiro atoms. The van der Waals surface area contributed by atoms with E-state index in [9.17, 15) is 14.7 Å². The highest BCUT2D eigenvalue weighted by Gasteiger charge is 2.42. The van der Waals surface area contributed by atoms with Gasteiger partial charge < -0.3 is 15.2 Å². The van der Waals surface area contributed by atoms with E-state index in [1.165, 1.54) is 0 Å². The van der Waals surface area contributed by atoms with E-state index in [0.717, 1.165) is 18.4 Å². The summed E-state index contributed by atoms with van der Waals surface area (Å²) in [6, 6.07) is 8.38. The summed E-state index contributed by atoms with van der Waals surface area (Å²) in [5.74, 6) is -0.824. The average molecular weight is 351 g/mol. The number of carbonyl (C=O) groups excluding carboxylic acids is 1. The number of amides is 1. The van der Waals surface area contributed by atoms with Crippen LogP contribution >= 0.6 is 12.6 Å². The molecule has 1 aliphatic rings. The van der Waals surface area contributed by atoms with Gasteiger partial charge >= 0.3 is 5.97 Å². The Morgan fingerprint density at radius 3 is 2.46 bits per heavy atom. The second kappa shape index (κ2) is 8.53.